The van der Waals surface area contributed by atoms with Gasteiger partial charge >= 0.3 is 7.60 Å². The van der Waals surface area contributed by atoms with Crippen LogP contribution in [-0.4, -0.2) is 13.2 Å². The highest BCUT2D eigenvalue weighted by Gasteiger charge is 2.29. The van der Waals surface area contributed by atoms with Gasteiger partial charge in [0.1, 0.15) is 0 Å². The average molecular weight is 278 g/mol. The molecule has 0 heterocycles. The van der Waals surface area contributed by atoms with Crippen LogP contribution >= 0.6 is 7.60 Å². The van der Waals surface area contributed by atoms with E-state index in [9.17, 15) is 4.57 Å². The van der Waals surface area contributed by atoms with Crippen molar-refractivity contribution in [3.8, 4) is 0 Å². The Hall–Kier alpha value is -1.41. The zero-order chi connectivity index (χ0) is 14.1. The topological polar surface area (TPSA) is 35.5 Å². The molecule has 0 fully saturated rings. The van der Waals surface area contributed by atoms with Gasteiger partial charge in [-0.25, -0.2) is 0 Å². The summed E-state index contributed by atoms with van der Waals surface area (Å²) in [6, 6.07) is 7.33. The van der Waals surface area contributed by atoms with Crippen LogP contribution in [-0.2, 0) is 20.0 Å². The van der Waals surface area contributed by atoms with Crippen LogP contribution in [0.2, 0.25) is 0 Å². The lowest BCUT2D eigenvalue weighted by atomic mass is 10.1. The number of benzene rings is 1. The van der Waals surface area contributed by atoms with Crippen molar-refractivity contribution in [1.29, 1.82) is 0 Å². The van der Waals surface area contributed by atoms with Gasteiger partial charge in [0.05, 0.1) is 18.5 Å². The predicted octanol–water partition coefficient (Wildman–Crippen LogP) is 3.64. The molecule has 0 aliphatic heterocycles. The zero-order valence-corrected chi connectivity index (χ0v) is 11.9. The van der Waals surface area contributed by atoms with Crippen LogP contribution in [0.5, 0.6) is 0 Å². The van der Waals surface area contributed by atoms with Gasteiger partial charge in [0, 0.05) is 0 Å². The Labute approximate surface area is 114 Å². The van der Waals surface area contributed by atoms with Crippen molar-refractivity contribution in [1.82, 2.24) is 0 Å². The fourth-order valence-corrected chi connectivity index (χ4v) is 3.33. The van der Waals surface area contributed by atoms with Crippen molar-refractivity contribution in [2.24, 2.45) is 0 Å². The SMILES string of the molecule is C=CCOP(=O)(OCC=C)c1ccccc1CC=C. The molecule has 1 aromatic carbocycles. The molecule has 0 spiro atoms. The molecule has 0 N–H and O–H groups in total. The minimum absolute atomic E-state index is 0.164. The highest BCUT2D eigenvalue weighted by molar-refractivity contribution is 7.62. The summed E-state index contributed by atoms with van der Waals surface area (Å²) in [6.45, 7) is 11.1. The molecule has 0 saturated carbocycles. The maximum atomic E-state index is 12.9. The molecule has 19 heavy (non-hydrogen) atoms. The van der Waals surface area contributed by atoms with Gasteiger partial charge in [-0.3, -0.25) is 4.57 Å². The smallest absolute Gasteiger partial charge is 0.301 e. The van der Waals surface area contributed by atoms with E-state index in [0.717, 1.165) is 5.56 Å². The number of allylic oxidation sites excluding steroid dienone is 1. The monoisotopic (exact) mass is 278 g/mol. The van der Waals surface area contributed by atoms with E-state index in [-0.39, 0.29) is 13.2 Å². The highest BCUT2D eigenvalue weighted by atomic mass is 31.2. The van der Waals surface area contributed by atoms with Gasteiger partial charge in [0.2, 0.25) is 0 Å². The summed E-state index contributed by atoms with van der Waals surface area (Å²) in [5, 5.41) is 0.568. The molecular weight excluding hydrogens is 259 g/mol. The van der Waals surface area contributed by atoms with E-state index in [0.29, 0.717) is 11.7 Å². The van der Waals surface area contributed by atoms with E-state index in [1.807, 2.05) is 18.2 Å². The first-order chi connectivity index (χ1) is 9.18. The van der Waals surface area contributed by atoms with Gasteiger partial charge in [0.25, 0.3) is 0 Å². The first kappa shape index (κ1) is 15.6. The molecule has 0 atom stereocenters. The van der Waals surface area contributed by atoms with Crippen LogP contribution in [0.15, 0.2) is 62.2 Å². The number of hydrogen-bond acceptors (Lipinski definition) is 3. The van der Waals surface area contributed by atoms with E-state index in [1.165, 1.54) is 0 Å². The van der Waals surface area contributed by atoms with Gasteiger partial charge < -0.3 is 9.05 Å². The molecule has 0 bridgehead atoms. The first-order valence-corrected chi connectivity index (χ1v) is 7.52. The average Bonchev–Trinajstić information content (AvgIpc) is 2.44. The summed E-state index contributed by atoms with van der Waals surface area (Å²) < 4.78 is 23.6. The summed E-state index contributed by atoms with van der Waals surface area (Å²) in [4.78, 5) is 0. The van der Waals surface area contributed by atoms with Crippen molar-refractivity contribution in [2.45, 2.75) is 6.42 Å². The maximum absolute atomic E-state index is 12.9. The lowest BCUT2D eigenvalue weighted by molar-refractivity contribution is 0.247. The van der Waals surface area contributed by atoms with E-state index < -0.39 is 7.60 Å². The Morgan fingerprint density at radius 1 is 1.00 bits per heavy atom. The van der Waals surface area contributed by atoms with Gasteiger partial charge in [-0.15, -0.1) is 19.7 Å². The molecule has 1 aromatic rings. The minimum atomic E-state index is -3.36. The lowest BCUT2D eigenvalue weighted by Gasteiger charge is -2.19. The van der Waals surface area contributed by atoms with Crippen LogP contribution in [0.25, 0.3) is 0 Å². The molecule has 0 aliphatic rings. The van der Waals surface area contributed by atoms with E-state index >= 15 is 0 Å². The summed E-state index contributed by atoms with van der Waals surface area (Å²) in [7, 11) is -3.36. The molecule has 102 valence electrons. The number of hydrogen-bond donors (Lipinski definition) is 0. The Balaban J connectivity index is 3.15. The second-order valence-electron chi connectivity index (χ2n) is 3.79. The van der Waals surface area contributed by atoms with Crippen molar-refractivity contribution in [3.63, 3.8) is 0 Å². The molecule has 3 nitrogen and oxygen atoms in total. The molecule has 0 aromatic heterocycles. The van der Waals surface area contributed by atoms with Gasteiger partial charge in [-0.1, -0.05) is 36.4 Å². The van der Waals surface area contributed by atoms with E-state index in [2.05, 4.69) is 19.7 Å². The zero-order valence-electron chi connectivity index (χ0n) is 11.0. The fraction of sp³-hybridized carbons (Fsp3) is 0.200. The molecule has 0 aliphatic carbocycles. The summed E-state index contributed by atoms with van der Waals surface area (Å²) in [6.07, 6.45) is 5.44. The van der Waals surface area contributed by atoms with Crippen LogP contribution < -0.4 is 5.30 Å². The van der Waals surface area contributed by atoms with Crippen LogP contribution in [0.1, 0.15) is 5.56 Å². The summed E-state index contributed by atoms with van der Waals surface area (Å²) in [5.41, 5.74) is 0.883. The fourth-order valence-electron chi connectivity index (χ4n) is 1.58. The van der Waals surface area contributed by atoms with E-state index in [1.54, 1.807) is 24.3 Å². The number of rotatable bonds is 9. The van der Waals surface area contributed by atoms with E-state index in [4.69, 9.17) is 9.05 Å². The third-order valence-electron chi connectivity index (χ3n) is 2.38. The molecule has 0 saturated heterocycles. The van der Waals surface area contributed by atoms with Crippen LogP contribution in [0.3, 0.4) is 0 Å². The van der Waals surface area contributed by atoms with Gasteiger partial charge in [-0.05, 0) is 18.1 Å². The second kappa shape index (κ2) is 7.90. The van der Waals surface area contributed by atoms with Crippen molar-refractivity contribution in [3.05, 3.63) is 67.8 Å². The Morgan fingerprint density at radius 2 is 1.58 bits per heavy atom. The van der Waals surface area contributed by atoms with Gasteiger partial charge in [-0.2, -0.15) is 0 Å². The lowest BCUT2D eigenvalue weighted by Crippen LogP contribution is -2.15. The normalized spacial score (nSPS) is 10.9. The summed E-state index contributed by atoms with van der Waals surface area (Å²) >= 11 is 0. The third kappa shape index (κ3) is 4.32. The molecule has 0 amide bonds. The maximum Gasteiger partial charge on any atom is 0.362 e. The molecule has 1 rings (SSSR count). The van der Waals surface area contributed by atoms with Crippen molar-refractivity contribution >= 4 is 12.9 Å². The molecule has 4 heteroatoms. The molecular formula is C15H19O3P. The Morgan fingerprint density at radius 3 is 2.11 bits per heavy atom. The highest BCUT2D eigenvalue weighted by Crippen LogP contribution is 2.47. The standard InChI is InChI=1S/C15H19O3P/c1-4-9-14-10-7-8-11-15(14)19(16,17-12-5-2)18-13-6-3/h4-8,10-11H,1-3,9,12-13H2. The largest absolute Gasteiger partial charge is 0.362 e. The Kier molecular flexibility index (Phi) is 6.51. The molecule has 0 radical (unpaired) electrons. The van der Waals surface area contributed by atoms with Crippen molar-refractivity contribution in [2.75, 3.05) is 13.2 Å². The van der Waals surface area contributed by atoms with Crippen molar-refractivity contribution < 1.29 is 13.6 Å². The Bertz CT molecular complexity index is 478. The third-order valence-corrected chi connectivity index (χ3v) is 4.38. The van der Waals surface area contributed by atoms with Gasteiger partial charge in [0.15, 0.2) is 0 Å². The minimum Gasteiger partial charge on any atom is -0.301 e. The quantitative estimate of drug-likeness (QED) is 0.511. The summed E-state index contributed by atoms with van der Waals surface area (Å²) in [5.74, 6) is 0. The van der Waals surface area contributed by atoms with Crippen LogP contribution in [0, 0.1) is 0 Å². The van der Waals surface area contributed by atoms with Crippen LogP contribution in [0.4, 0.5) is 0 Å². The molecule has 0 unspecified atom stereocenters. The predicted molar refractivity (Wildman–Crippen MR) is 79.9 cm³/mol. The second-order valence-corrected chi connectivity index (χ2v) is 5.78. The first-order valence-electron chi connectivity index (χ1n) is 5.98.